The Morgan fingerprint density at radius 3 is 2.49 bits per heavy atom. The van der Waals surface area contributed by atoms with Gasteiger partial charge in [0.2, 0.25) is 0 Å². The second-order valence-corrected chi connectivity index (χ2v) is 11.0. The van der Waals surface area contributed by atoms with Crippen LogP contribution in [0.15, 0.2) is 59.1 Å². The molecule has 0 spiro atoms. The van der Waals surface area contributed by atoms with E-state index in [1.165, 1.54) is 6.42 Å². The lowest BCUT2D eigenvalue weighted by molar-refractivity contribution is -0.905. The molecule has 0 N–H and O–H groups in total. The molecule has 188 valence electrons. The molecule has 0 radical (unpaired) electrons. The number of aromatic nitrogens is 1. The second kappa shape index (κ2) is 11.4. The zero-order valence-corrected chi connectivity index (χ0v) is 22.0. The van der Waals surface area contributed by atoms with Crippen LogP contribution < -0.4 is 5.11 Å². The summed E-state index contributed by atoms with van der Waals surface area (Å²) in [6, 6.07) is 17.1. The fourth-order valence-electron chi connectivity index (χ4n) is 4.98. The smallest absolute Gasteiger partial charge is 0.191 e. The summed E-state index contributed by atoms with van der Waals surface area (Å²) in [4.78, 5) is 0. The van der Waals surface area contributed by atoms with Gasteiger partial charge in [-0.25, -0.2) is 0 Å². The third-order valence-electron chi connectivity index (χ3n) is 7.00. The molecule has 1 heterocycles. The van der Waals surface area contributed by atoms with Gasteiger partial charge < -0.3 is 18.8 Å². The summed E-state index contributed by atoms with van der Waals surface area (Å²) < 4.78 is 12.2. The quantitative estimate of drug-likeness (QED) is 0.246. The lowest BCUT2D eigenvalue weighted by Gasteiger charge is -2.48. The van der Waals surface area contributed by atoms with Crippen LogP contribution in [0.4, 0.5) is 0 Å². The van der Waals surface area contributed by atoms with E-state index in [0.29, 0.717) is 40.0 Å². The van der Waals surface area contributed by atoms with E-state index in [0.717, 1.165) is 49.1 Å². The average Bonchev–Trinajstić information content (AvgIpc) is 3.33. The molecule has 5 nitrogen and oxygen atoms in total. The van der Waals surface area contributed by atoms with Crippen LogP contribution in [0.2, 0.25) is 10.0 Å². The Labute approximate surface area is 218 Å². The number of rotatable bonds is 10. The molecule has 35 heavy (non-hydrogen) atoms. The molecule has 1 aliphatic carbocycles. The van der Waals surface area contributed by atoms with Crippen LogP contribution >= 0.6 is 23.2 Å². The molecule has 0 bridgehead atoms. The van der Waals surface area contributed by atoms with Gasteiger partial charge in [-0.3, -0.25) is 0 Å². The van der Waals surface area contributed by atoms with Crippen LogP contribution in [0, 0.1) is 5.92 Å². The third kappa shape index (κ3) is 6.46. The molecule has 1 aromatic heterocycles. The van der Waals surface area contributed by atoms with Gasteiger partial charge in [-0.05, 0) is 29.2 Å². The van der Waals surface area contributed by atoms with E-state index in [1.807, 2.05) is 48.5 Å². The van der Waals surface area contributed by atoms with Gasteiger partial charge >= 0.3 is 0 Å². The summed E-state index contributed by atoms with van der Waals surface area (Å²) >= 11 is 12.1. The van der Waals surface area contributed by atoms with Crippen molar-refractivity contribution in [3.63, 3.8) is 0 Å². The van der Waals surface area contributed by atoms with Crippen LogP contribution in [0.25, 0.3) is 0 Å². The highest BCUT2D eigenvalue weighted by atomic mass is 35.5. The first kappa shape index (κ1) is 26.2. The fraction of sp³-hybridized carbons (Fsp3) is 0.464. The van der Waals surface area contributed by atoms with Crippen molar-refractivity contribution in [2.45, 2.75) is 50.9 Å². The number of benzene rings is 2. The molecule has 0 aliphatic heterocycles. The first-order chi connectivity index (χ1) is 16.8. The Hall–Kier alpha value is -1.89. The highest BCUT2D eigenvalue weighted by Gasteiger charge is 2.35. The topological polar surface area (TPSA) is 58.3 Å². The Balaban J connectivity index is 1.40. The van der Waals surface area contributed by atoms with Gasteiger partial charge in [0.1, 0.15) is 13.1 Å². The monoisotopic (exact) mass is 516 g/mol. The summed E-state index contributed by atoms with van der Waals surface area (Å²) in [6.07, 6.45) is 5.25. The molecule has 1 unspecified atom stereocenters. The molecule has 1 saturated carbocycles. The van der Waals surface area contributed by atoms with Gasteiger partial charge in [-0.1, -0.05) is 102 Å². The highest BCUT2D eigenvalue weighted by molar-refractivity contribution is 6.42. The normalized spacial score (nSPS) is 16.8. The molecule has 1 aliphatic rings. The summed E-state index contributed by atoms with van der Waals surface area (Å²) in [6.45, 7) is 2.45. The lowest BCUT2D eigenvalue weighted by atomic mass is 9.71. The molecule has 0 amide bonds. The molecule has 2 aromatic carbocycles. The van der Waals surface area contributed by atoms with Gasteiger partial charge in [0.25, 0.3) is 0 Å². The Morgan fingerprint density at radius 1 is 1.03 bits per heavy atom. The fourth-order valence-corrected chi connectivity index (χ4v) is 5.30. The first-order valence-electron chi connectivity index (χ1n) is 12.3. The van der Waals surface area contributed by atoms with Gasteiger partial charge in [-0.2, -0.15) is 0 Å². The summed E-state index contributed by atoms with van der Waals surface area (Å²) in [5, 5.41) is 19.9. The molecule has 4 rings (SSSR count). The van der Waals surface area contributed by atoms with Crippen LogP contribution in [0.5, 0.6) is 0 Å². The average molecular weight is 517 g/mol. The van der Waals surface area contributed by atoms with Crippen molar-refractivity contribution in [3.8, 4) is 0 Å². The Bertz CT molecular complexity index is 1100. The van der Waals surface area contributed by atoms with Crippen molar-refractivity contribution in [2.24, 2.45) is 5.92 Å². The molecule has 7 heteroatoms. The number of ether oxygens (including phenoxy) is 1. The van der Waals surface area contributed by atoms with E-state index in [9.17, 15) is 5.11 Å². The first-order valence-corrected chi connectivity index (χ1v) is 13.1. The van der Waals surface area contributed by atoms with Crippen molar-refractivity contribution in [2.75, 3.05) is 27.2 Å². The Morgan fingerprint density at radius 2 is 1.77 bits per heavy atom. The maximum Gasteiger partial charge on any atom is 0.191 e. The van der Waals surface area contributed by atoms with E-state index in [1.54, 1.807) is 6.07 Å². The van der Waals surface area contributed by atoms with Gasteiger partial charge in [-0.15, -0.1) is 0 Å². The van der Waals surface area contributed by atoms with Crippen LogP contribution in [0.3, 0.4) is 0 Å². The minimum atomic E-state index is -1.39. The Kier molecular flexibility index (Phi) is 8.56. The molecular formula is C28H34Cl2N2O3. The molecule has 1 atom stereocenters. The minimum absolute atomic E-state index is 0.0221. The third-order valence-corrected chi connectivity index (χ3v) is 7.74. The van der Waals surface area contributed by atoms with Crippen molar-refractivity contribution in [1.29, 1.82) is 0 Å². The number of halogens is 2. The van der Waals surface area contributed by atoms with Crippen LogP contribution in [-0.4, -0.2) is 36.9 Å². The number of quaternary nitrogens is 1. The maximum atomic E-state index is 14.5. The summed E-state index contributed by atoms with van der Waals surface area (Å²) in [5.41, 5.74) is 0.876. The second-order valence-electron chi connectivity index (χ2n) is 10.2. The van der Waals surface area contributed by atoms with E-state index >= 15 is 0 Å². The van der Waals surface area contributed by atoms with Crippen molar-refractivity contribution in [1.82, 2.24) is 5.16 Å². The van der Waals surface area contributed by atoms with E-state index in [4.69, 9.17) is 32.5 Å². The number of hydrogen-bond donors (Lipinski definition) is 0. The minimum Gasteiger partial charge on any atom is -0.841 e. The zero-order valence-electron chi connectivity index (χ0n) is 20.5. The SMILES string of the molecule is C[N+](C)(CCOCc1ccc(Cl)c(Cl)c1)Cc1cc(C([O-])(c2ccccc2)C2CCCCC2)no1. The molecule has 0 saturated heterocycles. The molecule has 3 aromatic rings. The van der Waals surface area contributed by atoms with Gasteiger partial charge in [0, 0.05) is 6.07 Å². The van der Waals surface area contributed by atoms with E-state index in [-0.39, 0.29) is 5.92 Å². The molecular weight excluding hydrogens is 483 g/mol. The van der Waals surface area contributed by atoms with Gasteiger partial charge in [0.15, 0.2) is 5.76 Å². The summed E-state index contributed by atoms with van der Waals surface area (Å²) in [5.74, 6) is 0.746. The van der Waals surface area contributed by atoms with Crippen molar-refractivity contribution >= 4 is 23.2 Å². The van der Waals surface area contributed by atoms with Crippen molar-refractivity contribution in [3.05, 3.63) is 87.2 Å². The number of nitrogens with zero attached hydrogens (tertiary/aromatic N) is 2. The summed E-state index contributed by atoms with van der Waals surface area (Å²) in [7, 11) is 4.24. The number of likely N-dealkylation sites (N-methyl/N-ethyl adjacent to an activating group) is 1. The van der Waals surface area contributed by atoms with Crippen molar-refractivity contribution < 1.29 is 18.8 Å². The van der Waals surface area contributed by atoms with Crippen LogP contribution in [-0.2, 0) is 23.5 Å². The van der Waals surface area contributed by atoms with Gasteiger partial charge in [0.05, 0.1) is 43.0 Å². The molecule has 1 fully saturated rings. The van der Waals surface area contributed by atoms with Crippen LogP contribution in [0.1, 0.15) is 54.7 Å². The van der Waals surface area contributed by atoms with E-state index in [2.05, 4.69) is 19.3 Å². The van der Waals surface area contributed by atoms with E-state index < -0.39 is 5.60 Å². The number of hydrogen-bond acceptors (Lipinski definition) is 4. The highest BCUT2D eigenvalue weighted by Crippen LogP contribution is 2.41. The maximum absolute atomic E-state index is 14.5. The predicted octanol–water partition coefficient (Wildman–Crippen LogP) is 5.96. The largest absolute Gasteiger partial charge is 0.841 e. The predicted molar refractivity (Wildman–Crippen MR) is 137 cm³/mol. The standard InChI is InChI=1S/C28H34Cl2N2O3/c1-32(2,15-16-34-20-21-13-14-25(29)26(30)17-21)19-24-18-27(31-35-24)28(33,22-9-5-3-6-10-22)23-11-7-4-8-12-23/h3,5-6,9-10,13-14,17-18,23H,4,7-8,11-12,15-16,19-20H2,1-2H3. The lowest BCUT2D eigenvalue weighted by Crippen LogP contribution is -2.49. The zero-order chi connectivity index (χ0) is 24.9.